The second-order valence-electron chi connectivity index (χ2n) is 7.13. The Bertz CT molecular complexity index is 389. The summed E-state index contributed by atoms with van der Waals surface area (Å²) < 4.78 is 0. The molecular weight excluding hydrogens is 326 g/mol. The minimum absolute atomic E-state index is 0.00955. The highest BCUT2D eigenvalue weighted by Crippen LogP contribution is 2.18. The smallest absolute Gasteiger partial charge is 0.304 e. The zero-order valence-electron chi connectivity index (χ0n) is 17.3. The normalized spacial score (nSPS) is 12.4. The van der Waals surface area contributed by atoms with Crippen molar-refractivity contribution in [1.82, 2.24) is 4.90 Å². The maximum atomic E-state index is 12.4. The van der Waals surface area contributed by atoms with Crippen molar-refractivity contribution in [2.45, 2.75) is 97.8 Å². The van der Waals surface area contributed by atoms with Gasteiger partial charge in [-0.15, -0.1) is 0 Å². The first-order chi connectivity index (χ1) is 12.6. The lowest BCUT2D eigenvalue weighted by molar-refractivity contribution is -0.144. The van der Waals surface area contributed by atoms with Crippen molar-refractivity contribution in [2.24, 2.45) is 5.92 Å². The summed E-state index contributed by atoms with van der Waals surface area (Å²) >= 11 is 0. The number of hydrogen-bond acceptors (Lipinski definition) is 2. The molecule has 26 heavy (non-hydrogen) atoms. The second-order valence-corrected chi connectivity index (χ2v) is 7.13. The van der Waals surface area contributed by atoms with Crippen molar-refractivity contribution < 1.29 is 14.7 Å². The van der Waals surface area contributed by atoms with Crippen molar-refractivity contribution in [3.05, 3.63) is 12.2 Å². The van der Waals surface area contributed by atoms with Gasteiger partial charge < -0.3 is 10.0 Å². The molecule has 1 amide bonds. The van der Waals surface area contributed by atoms with Gasteiger partial charge in [0.2, 0.25) is 5.91 Å². The number of unbranched alkanes of at least 4 members (excludes halogenated alkanes) is 9. The number of rotatable bonds is 17. The van der Waals surface area contributed by atoms with Crippen LogP contribution < -0.4 is 0 Å². The number of aliphatic carboxylic acids is 1. The van der Waals surface area contributed by atoms with Gasteiger partial charge in [0.05, 0.1) is 6.42 Å². The number of carbonyl (C=O) groups is 2. The summed E-state index contributed by atoms with van der Waals surface area (Å²) in [5.74, 6) is -1.22. The summed E-state index contributed by atoms with van der Waals surface area (Å²) in [5.41, 5.74) is 0. The average molecular weight is 368 g/mol. The molecule has 0 aliphatic rings. The lowest BCUT2D eigenvalue weighted by Gasteiger charge is -2.24. The van der Waals surface area contributed by atoms with Crippen molar-refractivity contribution in [3.8, 4) is 0 Å². The summed E-state index contributed by atoms with van der Waals surface area (Å²) in [6, 6.07) is 0. The van der Waals surface area contributed by atoms with Crippen LogP contribution >= 0.6 is 0 Å². The van der Waals surface area contributed by atoms with Crippen LogP contribution in [0.15, 0.2) is 12.2 Å². The summed E-state index contributed by atoms with van der Waals surface area (Å²) in [6.07, 6.45) is 17.3. The number of carboxylic acid groups (broad SMARTS) is 1. The van der Waals surface area contributed by atoms with E-state index in [9.17, 15) is 9.59 Å². The van der Waals surface area contributed by atoms with Crippen molar-refractivity contribution in [3.63, 3.8) is 0 Å². The predicted molar refractivity (Wildman–Crippen MR) is 109 cm³/mol. The first-order valence-corrected chi connectivity index (χ1v) is 10.7. The van der Waals surface area contributed by atoms with Gasteiger partial charge in [-0.1, -0.05) is 63.5 Å². The van der Waals surface area contributed by atoms with E-state index in [-0.39, 0.29) is 18.2 Å². The molecule has 0 aromatic rings. The zero-order valence-corrected chi connectivity index (χ0v) is 17.3. The maximum Gasteiger partial charge on any atom is 0.304 e. The number of amides is 1. The molecule has 1 unspecified atom stereocenters. The summed E-state index contributed by atoms with van der Waals surface area (Å²) in [6.45, 7) is 7.27. The number of nitrogens with zero attached hydrogens (tertiary/aromatic N) is 1. The SMILES string of the molecule is C/C=C/CCCCCCCCCCCC(CC(=O)O)C(=O)N(CC)CC. The Hall–Kier alpha value is -1.32. The van der Waals surface area contributed by atoms with Gasteiger partial charge in [-0.25, -0.2) is 0 Å². The first-order valence-electron chi connectivity index (χ1n) is 10.7. The summed E-state index contributed by atoms with van der Waals surface area (Å²) in [4.78, 5) is 25.2. The number of hydrogen-bond donors (Lipinski definition) is 1. The topological polar surface area (TPSA) is 57.6 Å². The van der Waals surface area contributed by atoms with Gasteiger partial charge >= 0.3 is 5.97 Å². The molecule has 0 spiro atoms. The van der Waals surface area contributed by atoms with E-state index >= 15 is 0 Å². The van der Waals surface area contributed by atoms with E-state index in [1.807, 2.05) is 13.8 Å². The van der Waals surface area contributed by atoms with Crippen molar-refractivity contribution >= 4 is 11.9 Å². The Morgan fingerprint density at radius 2 is 1.38 bits per heavy atom. The van der Waals surface area contributed by atoms with Gasteiger partial charge in [0.25, 0.3) is 0 Å². The largest absolute Gasteiger partial charge is 0.481 e. The van der Waals surface area contributed by atoms with Crippen LogP contribution in [0.4, 0.5) is 0 Å². The minimum Gasteiger partial charge on any atom is -0.481 e. The molecule has 0 fully saturated rings. The second kappa shape index (κ2) is 17.1. The predicted octanol–water partition coefficient (Wildman–Crippen LogP) is 5.81. The molecule has 0 aromatic heterocycles. The fourth-order valence-electron chi connectivity index (χ4n) is 3.37. The van der Waals surface area contributed by atoms with Crippen LogP contribution in [0.25, 0.3) is 0 Å². The van der Waals surface area contributed by atoms with Crippen LogP contribution in [-0.2, 0) is 9.59 Å². The molecule has 1 atom stereocenters. The van der Waals surface area contributed by atoms with E-state index in [1.165, 1.54) is 51.4 Å². The maximum absolute atomic E-state index is 12.4. The Morgan fingerprint density at radius 1 is 0.885 bits per heavy atom. The third-order valence-electron chi connectivity index (χ3n) is 5.00. The van der Waals surface area contributed by atoms with Crippen LogP contribution in [-0.4, -0.2) is 35.0 Å². The highest BCUT2D eigenvalue weighted by Gasteiger charge is 2.24. The molecule has 0 aromatic carbocycles. The van der Waals surface area contributed by atoms with E-state index in [4.69, 9.17) is 5.11 Å². The van der Waals surface area contributed by atoms with Crippen LogP contribution in [0.3, 0.4) is 0 Å². The third kappa shape index (κ3) is 13.0. The lowest BCUT2D eigenvalue weighted by atomic mass is 9.95. The highest BCUT2D eigenvalue weighted by molar-refractivity contribution is 5.83. The van der Waals surface area contributed by atoms with Crippen LogP contribution in [0.2, 0.25) is 0 Å². The van der Waals surface area contributed by atoms with Crippen LogP contribution in [0.1, 0.15) is 97.8 Å². The standard InChI is InChI=1S/C22H41NO3/c1-4-7-8-9-10-11-12-13-14-15-16-17-18-20(19-21(24)25)22(26)23(5-2)6-3/h4,7,20H,5-6,8-19H2,1-3H3,(H,24,25)/b7-4+. The molecule has 0 saturated carbocycles. The summed E-state index contributed by atoms with van der Waals surface area (Å²) in [5, 5.41) is 9.08. The van der Waals surface area contributed by atoms with E-state index in [0.29, 0.717) is 19.5 Å². The molecule has 0 radical (unpaired) electrons. The molecule has 0 heterocycles. The highest BCUT2D eigenvalue weighted by atomic mass is 16.4. The molecule has 0 aliphatic heterocycles. The van der Waals surface area contributed by atoms with Gasteiger partial charge in [-0.05, 0) is 40.0 Å². The fourth-order valence-corrected chi connectivity index (χ4v) is 3.37. The molecule has 1 N–H and O–H groups in total. The number of allylic oxidation sites excluding steroid dienone is 2. The van der Waals surface area contributed by atoms with E-state index in [2.05, 4.69) is 19.1 Å². The Kier molecular flexibility index (Phi) is 16.2. The van der Waals surface area contributed by atoms with E-state index in [0.717, 1.165) is 12.8 Å². The van der Waals surface area contributed by atoms with Gasteiger partial charge in [0.15, 0.2) is 0 Å². The lowest BCUT2D eigenvalue weighted by Crippen LogP contribution is -2.36. The molecule has 4 nitrogen and oxygen atoms in total. The molecule has 4 heteroatoms. The third-order valence-corrected chi connectivity index (χ3v) is 5.00. The fraction of sp³-hybridized carbons (Fsp3) is 0.818. The minimum atomic E-state index is -0.870. The first kappa shape index (κ1) is 24.7. The Labute approximate surface area is 161 Å². The average Bonchev–Trinajstić information content (AvgIpc) is 2.62. The van der Waals surface area contributed by atoms with E-state index in [1.54, 1.807) is 4.90 Å². The van der Waals surface area contributed by atoms with Crippen LogP contribution in [0.5, 0.6) is 0 Å². The molecule has 0 saturated heterocycles. The molecule has 152 valence electrons. The van der Waals surface area contributed by atoms with Gasteiger partial charge in [-0.3, -0.25) is 9.59 Å². The quantitative estimate of drug-likeness (QED) is 0.260. The van der Waals surface area contributed by atoms with Gasteiger partial charge in [0.1, 0.15) is 0 Å². The molecule has 0 rings (SSSR count). The number of carboxylic acids is 1. The summed E-state index contributed by atoms with van der Waals surface area (Å²) in [7, 11) is 0. The number of carbonyl (C=O) groups excluding carboxylic acids is 1. The van der Waals surface area contributed by atoms with Crippen LogP contribution in [0, 0.1) is 5.92 Å². The van der Waals surface area contributed by atoms with Crippen molar-refractivity contribution in [1.29, 1.82) is 0 Å². The van der Waals surface area contributed by atoms with Crippen molar-refractivity contribution in [2.75, 3.05) is 13.1 Å². The van der Waals surface area contributed by atoms with Gasteiger partial charge in [0, 0.05) is 19.0 Å². The molecule has 0 aliphatic carbocycles. The Balaban J connectivity index is 3.82. The zero-order chi connectivity index (χ0) is 19.6. The monoisotopic (exact) mass is 367 g/mol. The Morgan fingerprint density at radius 3 is 1.85 bits per heavy atom. The molecule has 0 bridgehead atoms. The van der Waals surface area contributed by atoms with E-state index < -0.39 is 5.97 Å². The van der Waals surface area contributed by atoms with Gasteiger partial charge in [-0.2, -0.15) is 0 Å². The molecular formula is C22H41NO3.